The third kappa shape index (κ3) is 3.72. The van der Waals surface area contributed by atoms with Gasteiger partial charge >= 0.3 is 0 Å². The van der Waals surface area contributed by atoms with Crippen LogP contribution in [0.2, 0.25) is 0 Å². The highest BCUT2D eigenvalue weighted by Crippen LogP contribution is 2.36. The molecule has 1 nitrogen and oxygen atoms in total. The smallest absolute Gasteiger partial charge is 0.0238 e. The fourth-order valence-corrected chi connectivity index (χ4v) is 2.62. The number of hydrogen-bond acceptors (Lipinski definition) is 3. The van der Waals surface area contributed by atoms with Gasteiger partial charge in [0.15, 0.2) is 0 Å². The Morgan fingerprint density at radius 2 is 1.36 bits per heavy atom. The fourth-order valence-electron chi connectivity index (χ4n) is 0.851. The van der Waals surface area contributed by atoms with Crippen LogP contribution < -0.4 is 0 Å². The van der Waals surface area contributed by atoms with Crippen LogP contribution in [0.3, 0.4) is 0 Å². The molecule has 0 aromatic heterocycles. The van der Waals surface area contributed by atoms with Gasteiger partial charge in [0.2, 0.25) is 0 Å². The van der Waals surface area contributed by atoms with Gasteiger partial charge in [0.05, 0.1) is 0 Å². The van der Waals surface area contributed by atoms with Crippen molar-refractivity contribution in [1.29, 1.82) is 0 Å². The Balaban J connectivity index is 1.35. The Hall–Kier alpha value is 0.660. The third-order valence-electron chi connectivity index (χ3n) is 2.10. The first-order valence-corrected chi connectivity index (χ1v) is 6.18. The second-order valence-electron chi connectivity index (χ2n) is 3.52. The molecule has 0 N–H and O–H groups in total. The van der Waals surface area contributed by atoms with E-state index in [1.165, 1.54) is 37.2 Å². The molecule has 2 fully saturated rings. The molecule has 2 aliphatic rings. The second kappa shape index (κ2) is 4.06. The van der Waals surface area contributed by atoms with Crippen molar-refractivity contribution in [3.8, 4) is 0 Å². The molecule has 64 valence electrons. The minimum absolute atomic E-state index is 0.988. The van der Waals surface area contributed by atoms with Crippen molar-refractivity contribution in [1.82, 2.24) is 0 Å². The van der Waals surface area contributed by atoms with Crippen LogP contribution >= 0.6 is 24.1 Å². The summed E-state index contributed by atoms with van der Waals surface area (Å²) in [6.45, 7) is 0. The molecule has 0 spiro atoms. The summed E-state index contributed by atoms with van der Waals surface area (Å²) >= 11 is 3.31. The summed E-state index contributed by atoms with van der Waals surface area (Å²) < 4.78 is 5.37. The number of hydrogen-bond donors (Lipinski definition) is 0. The molecule has 0 heterocycles. The molecule has 0 aliphatic heterocycles. The Morgan fingerprint density at radius 3 is 1.73 bits per heavy atom. The zero-order chi connectivity index (χ0) is 7.52. The molecule has 0 aromatic rings. The van der Waals surface area contributed by atoms with Crippen molar-refractivity contribution in [2.75, 3.05) is 11.5 Å². The van der Waals surface area contributed by atoms with E-state index < -0.39 is 0 Å². The Labute approximate surface area is 77.1 Å². The molecule has 0 saturated heterocycles. The van der Waals surface area contributed by atoms with E-state index in [2.05, 4.69) is 0 Å². The Morgan fingerprint density at radius 1 is 0.909 bits per heavy atom. The maximum Gasteiger partial charge on any atom is 0.0238 e. The van der Waals surface area contributed by atoms with Crippen LogP contribution in [0.5, 0.6) is 0 Å². The monoisotopic (exact) mass is 190 g/mol. The van der Waals surface area contributed by atoms with Crippen LogP contribution in [0.4, 0.5) is 0 Å². The molecule has 0 bridgehead atoms. The highest BCUT2D eigenvalue weighted by Gasteiger charge is 2.23. The van der Waals surface area contributed by atoms with Gasteiger partial charge in [-0.1, -0.05) is 0 Å². The van der Waals surface area contributed by atoms with E-state index >= 15 is 0 Å². The maximum absolute atomic E-state index is 5.37. The molecule has 0 aromatic carbocycles. The molecular weight excluding hydrogens is 176 g/mol. The molecule has 0 amide bonds. The largest absolute Gasteiger partial charge is 0.247 e. The molecule has 3 heteroatoms. The van der Waals surface area contributed by atoms with Gasteiger partial charge < -0.3 is 0 Å². The van der Waals surface area contributed by atoms with Crippen molar-refractivity contribution in [3.63, 3.8) is 0 Å². The van der Waals surface area contributed by atoms with E-state index in [-0.39, 0.29) is 0 Å². The van der Waals surface area contributed by atoms with E-state index in [9.17, 15) is 0 Å². The molecule has 2 rings (SSSR count). The molecule has 2 saturated carbocycles. The van der Waals surface area contributed by atoms with Crippen molar-refractivity contribution < 1.29 is 3.63 Å². The standard InChI is InChI=1S/C8H14OS2/c1-2-7(1)5-10-9-11-6-8-3-4-8/h7-8H,1-6H2. The van der Waals surface area contributed by atoms with E-state index in [0.29, 0.717) is 0 Å². The van der Waals surface area contributed by atoms with E-state index in [1.54, 1.807) is 24.1 Å². The quantitative estimate of drug-likeness (QED) is 0.470. The Kier molecular flexibility index (Phi) is 3.05. The number of rotatable bonds is 6. The fraction of sp³-hybridized carbons (Fsp3) is 1.00. The average molecular weight is 190 g/mol. The van der Waals surface area contributed by atoms with Crippen LogP contribution in [-0.4, -0.2) is 11.5 Å². The highest BCUT2D eigenvalue weighted by atomic mass is 32.2. The predicted octanol–water partition coefficient (Wildman–Crippen LogP) is 3.12. The van der Waals surface area contributed by atoms with Crippen molar-refractivity contribution >= 4 is 24.1 Å². The van der Waals surface area contributed by atoms with Gasteiger partial charge in [0.1, 0.15) is 0 Å². The molecule has 0 atom stereocenters. The van der Waals surface area contributed by atoms with Crippen molar-refractivity contribution in [2.24, 2.45) is 11.8 Å². The van der Waals surface area contributed by atoms with E-state index in [0.717, 1.165) is 11.8 Å². The maximum atomic E-state index is 5.37. The predicted molar refractivity (Wildman–Crippen MR) is 51.4 cm³/mol. The minimum atomic E-state index is 0.988. The SMILES string of the molecule is C1CC1CSOSCC1CC1. The van der Waals surface area contributed by atoms with Gasteiger partial charge in [-0.2, -0.15) is 0 Å². The average Bonchev–Trinajstić information content (AvgIpc) is 2.83. The van der Waals surface area contributed by atoms with Gasteiger partial charge in [0.25, 0.3) is 0 Å². The van der Waals surface area contributed by atoms with Gasteiger partial charge in [-0.3, -0.25) is 0 Å². The van der Waals surface area contributed by atoms with Gasteiger partial charge in [-0.15, -0.1) is 0 Å². The summed E-state index contributed by atoms with van der Waals surface area (Å²) in [6.07, 6.45) is 5.74. The molecule has 2 aliphatic carbocycles. The zero-order valence-electron chi connectivity index (χ0n) is 6.62. The van der Waals surface area contributed by atoms with Crippen LogP contribution in [-0.2, 0) is 3.63 Å². The molecule has 0 radical (unpaired) electrons. The van der Waals surface area contributed by atoms with Crippen molar-refractivity contribution in [2.45, 2.75) is 25.7 Å². The first kappa shape index (κ1) is 8.27. The molecule has 11 heavy (non-hydrogen) atoms. The Bertz CT molecular complexity index is 107. The van der Waals surface area contributed by atoms with Crippen LogP contribution in [0.25, 0.3) is 0 Å². The zero-order valence-corrected chi connectivity index (χ0v) is 8.26. The third-order valence-corrected chi connectivity index (χ3v) is 4.08. The normalized spacial score (nSPS) is 24.0. The van der Waals surface area contributed by atoms with Crippen molar-refractivity contribution in [3.05, 3.63) is 0 Å². The lowest BCUT2D eigenvalue weighted by molar-refractivity contribution is 0.742. The summed E-state index contributed by atoms with van der Waals surface area (Å²) in [4.78, 5) is 0. The van der Waals surface area contributed by atoms with Gasteiger partial charge in [-0.25, -0.2) is 3.63 Å². The summed E-state index contributed by atoms with van der Waals surface area (Å²) in [5.74, 6) is 4.41. The molecule has 0 unspecified atom stereocenters. The highest BCUT2D eigenvalue weighted by molar-refractivity contribution is 8.07. The lowest BCUT2D eigenvalue weighted by atomic mass is 10.5. The van der Waals surface area contributed by atoms with Crippen LogP contribution in [0.15, 0.2) is 0 Å². The summed E-state index contributed by atoms with van der Waals surface area (Å²) in [5.41, 5.74) is 0. The topological polar surface area (TPSA) is 9.23 Å². The summed E-state index contributed by atoms with van der Waals surface area (Å²) in [5, 5.41) is 0. The lowest BCUT2D eigenvalue weighted by Crippen LogP contribution is -1.82. The van der Waals surface area contributed by atoms with E-state index in [4.69, 9.17) is 3.63 Å². The molecular formula is C8H14OS2. The first-order valence-electron chi connectivity index (χ1n) is 4.36. The summed E-state index contributed by atoms with van der Waals surface area (Å²) in [6, 6.07) is 0. The minimum Gasteiger partial charge on any atom is -0.247 e. The summed E-state index contributed by atoms with van der Waals surface area (Å²) in [7, 11) is 0. The van der Waals surface area contributed by atoms with Crippen LogP contribution in [0, 0.1) is 11.8 Å². The van der Waals surface area contributed by atoms with Crippen LogP contribution in [0.1, 0.15) is 25.7 Å². The second-order valence-corrected chi connectivity index (χ2v) is 5.21. The van der Waals surface area contributed by atoms with E-state index in [1.807, 2.05) is 0 Å². The van der Waals surface area contributed by atoms with Gasteiger partial charge in [-0.05, 0) is 37.5 Å². The van der Waals surface area contributed by atoms with Gasteiger partial charge in [0, 0.05) is 35.6 Å². The first-order chi connectivity index (χ1) is 5.45. The lowest BCUT2D eigenvalue weighted by Gasteiger charge is -1.98.